The minimum atomic E-state index is -0.959. The van der Waals surface area contributed by atoms with Crippen molar-refractivity contribution in [3.05, 3.63) is 77.5 Å². The zero-order valence-electron chi connectivity index (χ0n) is 13.6. The monoisotopic (exact) mass is 365 g/mol. The van der Waals surface area contributed by atoms with E-state index >= 15 is 0 Å². The van der Waals surface area contributed by atoms with Crippen molar-refractivity contribution in [3.63, 3.8) is 0 Å². The van der Waals surface area contributed by atoms with Gasteiger partial charge in [0.05, 0.1) is 28.5 Å². The van der Waals surface area contributed by atoms with Crippen LogP contribution in [0.1, 0.15) is 26.7 Å². The number of para-hydroxylation sites is 1. The third-order valence-electron chi connectivity index (χ3n) is 4.18. The molecule has 0 fully saturated rings. The van der Waals surface area contributed by atoms with E-state index in [1.807, 2.05) is 30.3 Å². The number of aromatic nitrogens is 2. The maximum absolute atomic E-state index is 12.2. The maximum Gasteiger partial charge on any atom is 0.335 e. The van der Waals surface area contributed by atoms with E-state index in [-0.39, 0.29) is 16.7 Å². The van der Waals surface area contributed by atoms with Crippen LogP contribution in [0.2, 0.25) is 0 Å². The molecule has 4 rings (SSSR count). The first kappa shape index (κ1) is 16.4. The van der Waals surface area contributed by atoms with E-state index in [1.54, 1.807) is 35.1 Å². The van der Waals surface area contributed by atoms with Gasteiger partial charge in [-0.15, -0.1) is 11.8 Å². The molecule has 2 aromatic carbocycles. The van der Waals surface area contributed by atoms with E-state index < -0.39 is 5.97 Å². The zero-order valence-corrected chi connectivity index (χ0v) is 14.4. The number of fused-ring (bicyclic) bond motifs is 1. The third kappa shape index (κ3) is 2.97. The smallest absolute Gasteiger partial charge is 0.335 e. The summed E-state index contributed by atoms with van der Waals surface area (Å²) in [6.45, 7) is 0. The number of nitrogens with zero attached hydrogens (tertiary/aromatic N) is 2. The van der Waals surface area contributed by atoms with Crippen LogP contribution in [0.15, 0.2) is 60.8 Å². The Morgan fingerprint density at radius 2 is 1.88 bits per heavy atom. The second-order valence-electron chi connectivity index (χ2n) is 5.86. The summed E-state index contributed by atoms with van der Waals surface area (Å²) in [6, 6.07) is 16.4. The number of rotatable bonds is 3. The molecule has 0 radical (unpaired) electrons. The molecule has 0 spiro atoms. The molecule has 0 saturated carbocycles. The predicted molar refractivity (Wildman–Crippen MR) is 99.9 cm³/mol. The van der Waals surface area contributed by atoms with Gasteiger partial charge in [-0.05, 0) is 29.8 Å². The van der Waals surface area contributed by atoms with Crippen LogP contribution in [0.3, 0.4) is 0 Å². The molecular formula is C19H15N3O3S. The van der Waals surface area contributed by atoms with Gasteiger partial charge in [-0.3, -0.25) is 4.79 Å². The van der Waals surface area contributed by atoms with Crippen LogP contribution in [-0.4, -0.2) is 32.5 Å². The molecule has 1 aromatic heterocycles. The topological polar surface area (TPSA) is 84.2 Å². The Balaban J connectivity index is 1.78. The van der Waals surface area contributed by atoms with Crippen molar-refractivity contribution in [2.45, 2.75) is 5.25 Å². The number of benzene rings is 2. The molecule has 26 heavy (non-hydrogen) atoms. The number of hydrogen-bond donors (Lipinski definition) is 2. The quantitative estimate of drug-likeness (QED) is 0.744. The molecule has 3 aromatic rings. The van der Waals surface area contributed by atoms with Gasteiger partial charge in [0, 0.05) is 5.56 Å². The highest BCUT2D eigenvalue weighted by Crippen LogP contribution is 2.42. The second-order valence-corrected chi connectivity index (χ2v) is 6.96. The van der Waals surface area contributed by atoms with Crippen molar-refractivity contribution in [2.75, 3.05) is 11.1 Å². The van der Waals surface area contributed by atoms with Crippen LogP contribution in [0, 0.1) is 0 Å². The number of carboxylic acids is 1. The predicted octanol–water partition coefficient (Wildman–Crippen LogP) is 3.35. The van der Waals surface area contributed by atoms with Crippen molar-refractivity contribution < 1.29 is 14.7 Å². The van der Waals surface area contributed by atoms with Crippen LogP contribution in [0.25, 0.3) is 5.69 Å². The lowest BCUT2D eigenvalue weighted by Gasteiger charge is -2.14. The molecular weight excluding hydrogens is 350 g/mol. The molecule has 1 aliphatic rings. The van der Waals surface area contributed by atoms with Crippen molar-refractivity contribution in [2.24, 2.45) is 0 Å². The number of aromatic carboxylic acids is 1. The number of carbonyl (C=O) groups is 2. The van der Waals surface area contributed by atoms with E-state index in [0.717, 1.165) is 16.8 Å². The first-order chi connectivity index (χ1) is 12.6. The van der Waals surface area contributed by atoms with Gasteiger partial charge in [0.25, 0.3) is 0 Å². The van der Waals surface area contributed by atoms with E-state index in [1.165, 1.54) is 11.8 Å². The molecule has 0 unspecified atom stereocenters. The fraction of sp³-hybridized carbons (Fsp3) is 0.105. The summed E-state index contributed by atoms with van der Waals surface area (Å²) in [5, 5.41) is 16.4. The minimum absolute atomic E-state index is 0.0846. The molecule has 2 heterocycles. The Morgan fingerprint density at radius 1 is 1.15 bits per heavy atom. The Labute approximate surface area is 153 Å². The van der Waals surface area contributed by atoms with Crippen LogP contribution in [0.4, 0.5) is 5.82 Å². The van der Waals surface area contributed by atoms with E-state index in [9.17, 15) is 9.59 Å². The summed E-state index contributed by atoms with van der Waals surface area (Å²) in [5.41, 5.74) is 2.93. The molecule has 1 aliphatic heterocycles. The van der Waals surface area contributed by atoms with Crippen molar-refractivity contribution in [1.29, 1.82) is 0 Å². The highest BCUT2D eigenvalue weighted by atomic mass is 32.2. The summed E-state index contributed by atoms with van der Waals surface area (Å²) >= 11 is 1.50. The third-order valence-corrected chi connectivity index (χ3v) is 5.47. The number of thioether (sulfide) groups is 1. The largest absolute Gasteiger partial charge is 0.478 e. The molecule has 0 bridgehead atoms. The van der Waals surface area contributed by atoms with Crippen molar-refractivity contribution in [1.82, 2.24) is 9.78 Å². The lowest BCUT2D eigenvalue weighted by atomic mass is 10.0. The Bertz CT molecular complexity index is 967. The standard InChI is InChI=1S/C19H15N3O3S/c23-16-11-26-17(12-6-8-13(9-7-12)19(24)25)15-10-20-22(18(15)21-16)14-4-2-1-3-5-14/h1-10,17H,11H2,(H,21,23)(H,24,25)/t17-/m0/s1. The highest BCUT2D eigenvalue weighted by molar-refractivity contribution is 8.00. The van der Waals surface area contributed by atoms with Crippen LogP contribution in [0.5, 0.6) is 0 Å². The fourth-order valence-corrected chi connectivity index (χ4v) is 4.03. The average Bonchev–Trinajstić information content (AvgIpc) is 2.98. The molecule has 130 valence electrons. The van der Waals surface area contributed by atoms with Gasteiger partial charge >= 0.3 is 5.97 Å². The molecule has 1 atom stereocenters. The Hall–Kier alpha value is -3.06. The van der Waals surface area contributed by atoms with Gasteiger partial charge < -0.3 is 10.4 Å². The average molecular weight is 365 g/mol. The normalized spacial score (nSPS) is 16.5. The summed E-state index contributed by atoms with van der Waals surface area (Å²) in [6.07, 6.45) is 1.76. The second kappa shape index (κ2) is 6.68. The minimum Gasteiger partial charge on any atom is -0.478 e. The van der Waals surface area contributed by atoms with E-state index in [2.05, 4.69) is 10.4 Å². The number of hydrogen-bond acceptors (Lipinski definition) is 4. The van der Waals surface area contributed by atoms with Crippen LogP contribution in [-0.2, 0) is 4.79 Å². The van der Waals surface area contributed by atoms with Crippen molar-refractivity contribution >= 4 is 29.5 Å². The Kier molecular flexibility index (Phi) is 4.22. The summed E-state index contributed by atoms with van der Waals surface area (Å²) in [5.74, 6) is -0.0777. The number of anilines is 1. The van der Waals surface area contributed by atoms with Gasteiger partial charge in [0.15, 0.2) is 0 Å². The first-order valence-corrected chi connectivity index (χ1v) is 9.06. The summed E-state index contributed by atoms with van der Waals surface area (Å²) < 4.78 is 1.72. The SMILES string of the molecule is O=C1CS[C@@H](c2ccc(C(=O)O)cc2)c2cnn(-c3ccccc3)c2N1. The summed E-state index contributed by atoms with van der Waals surface area (Å²) in [4.78, 5) is 23.3. The molecule has 7 heteroatoms. The van der Waals surface area contributed by atoms with Gasteiger partial charge in [-0.2, -0.15) is 5.10 Å². The van der Waals surface area contributed by atoms with Gasteiger partial charge in [-0.1, -0.05) is 30.3 Å². The molecule has 2 N–H and O–H groups in total. The zero-order chi connectivity index (χ0) is 18.1. The summed E-state index contributed by atoms with van der Waals surface area (Å²) in [7, 11) is 0. The van der Waals surface area contributed by atoms with Crippen LogP contribution >= 0.6 is 11.8 Å². The number of nitrogens with one attached hydrogen (secondary N) is 1. The van der Waals surface area contributed by atoms with Crippen molar-refractivity contribution in [3.8, 4) is 5.69 Å². The number of carboxylic acid groups (broad SMARTS) is 1. The molecule has 6 nitrogen and oxygen atoms in total. The first-order valence-electron chi connectivity index (χ1n) is 8.01. The Morgan fingerprint density at radius 3 is 2.58 bits per heavy atom. The van der Waals surface area contributed by atoms with E-state index in [4.69, 9.17) is 5.11 Å². The highest BCUT2D eigenvalue weighted by Gasteiger charge is 2.28. The number of carbonyl (C=O) groups excluding carboxylic acids is 1. The van der Waals surface area contributed by atoms with Crippen LogP contribution < -0.4 is 5.32 Å². The molecule has 0 saturated heterocycles. The maximum atomic E-state index is 12.2. The van der Waals surface area contributed by atoms with Gasteiger partial charge in [0.2, 0.25) is 5.91 Å². The molecule has 0 aliphatic carbocycles. The fourth-order valence-electron chi connectivity index (χ4n) is 2.94. The van der Waals surface area contributed by atoms with Gasteiger partial charge in [0.1, 0.15) is 5.82 Å². The van der Waals surface area contributed by atoms with Gasteiger partial charge in [-0.25, -0.2) is 9.48 Å². The molecule has 1 amide bonds. The lowest BCUT2D eigenvalue weighted by Crippen LogP contribution is -2.15. The lowest BCUT2D eigenvalue weighted by molar-refractivity contribution is -0.113. The van der Waals surface area contributed by atoms with E-state index in [0.29, 0.717) is 11.6 Å². The number of amides is 1.